The Balaban J connectivity index is 1.84. The van der Waals surface area contributed by atoms with Crippen molar-refractivity contribution in [2.24, 2.45) is 0 Å². The Bertz CT molecular complexity index is 523. The van der Waals surface area contributed by atoms with Crippen LogP contribution in [0.3, 0.4) is 0 Å². The number of ether oxygens (including phenoxy) is 2. The molecule has 0 radical (unpaired) electrons. The van der Waals surface area contributed by atoms with Crippen LogP contribution < -0.4 is 4.74 Å². The van der Waals surface area contributed by atoms with Gasteiger partial charge < -0.3 is 14.6 Å². The van der Waals surface area contributed by atoms with Crippen molar-refractivity contribution in [1.29, 1.82) is 5.26 Å². The van der Waals surface area contributed by atoms with Crippen LogP contribution in [0.1, 0.15) is 12.0 Å². The van der Waals surface area contributed by atoms with Gasteiger partial charge in [-0.2, -0.15) is 5.26 Å². The molecule has 1 saturated heterocycles. The molecule has 0 spiro atoms. The first-order chi connectivity index (χ1) is 10.1. The molecule has 6 heteroatoms. The fourth-order valence-electron chi connectivity index (χ4n) is 2.41. The second-order valence-electron chi connectivity index (χ2n) is 4.91. The van der Waals surface area contributed by atoms with Crippen LogP contribution in [0.15, 0.2) is 24.3 Å². The van der Waals surface area contributed by atoms with E-state index in [1.807, 2.05) is 11.0 Å². The summed E-state index contributed by atoms with van der Waals surface area (Å²) in [6.45, 7) is 1.36. The number of aliphatic hydroxyl groups excluding tert-OH is 1. The first kappa shape index (κ1) is 15.3. The molecule has 1 aliphatic rings. The van der Waals surface area contributed by atoms with Gasteiger partial charge in [0.1, 0.15) is 18.4 Å². The van der Waals surface area contributed by atoms with E-state index in [0.29, 0.717) is 37.4 Å². The molecule has 1 aromatic rings. The molecule has 0 bridgehead atoms. The number of hydrogen-bond donors (Lipinski definition) is 1. The largest absolute Gasteiger partial charge is 0.492 e. The van der Waals surface area contributed by atoms with Crippen LogP contribution in [0.2, 0.25) is 0 Å². The number of aliphatic hydroxyl groups is 1. The average Bonchev–Trinajstić information content (AvgIpc) is 2.88. The van der Waals surface area contributed by atoms with E-state index in [2.05, 4.69) is 0 Å². The minimum absolute atomic E-state index is 0.329. The second kappa shape index (κ2) is 7.07. The third-order valence-corrected chi connectivity index (χ3v) is 3.49. The van der Waals surface area contributed by atoms with Crippen molar-refractivity contribution in [3.8, 4) is 11.8 Å². The Labute approximate surface area is 123 Å². The third-order valence-electron chi connectivity index (χ3n) is 3.49. The van der Waals surface area contributed by atoms with Crippen LogP contribution in [0.25, 0.3) is 0 Å². The lowest BCUT2D eigenvalue weighted by Gasteiger charge is -2.21. The Hall–Kier alpha value is -2.10. The quantitative estimate of drug-likeness (QED) is 0.797. The minimum atomic E-state index is -0.510. The summed E-state index contributed by atoms with van der Waals surface area (Å²) in [7, 11) is 1.35. The Morgan fingerprint density at radius 1 is 1.48 bits per heavy atom. The molecule has 1 fully saturated rings. The maximum Gasteiger partial charge on any atom is 0.323 e. The number of β-amino-alcohol motifs (C(OH)–C–C–N with tert-alkyl or cyclic N) is 1. The Morgan fingerprint density at radius 2 is 2.19 bits per heavy atom. The summed E-state index contributed by atoms with van der Waals surface area (Å²) in [6, 6.07) is 8.47. The van der Waals surface area contributed by atoms with Gasteiger partial charge in [0, 0.05) is 19.5 Å². The summed E-state index contributed by atoms with van der Waals surface area (Å²) in [5.74, 6) is 0.341. The lowest BCUT2D eigenvalue weighted by molar-refractivity contribution is -0.146. The van der Waals surface area contributed by atoms with Gasteiger partial charge >= 0.3 is 5.97 Å². The van der Waals surface area contributed by atoms with E-state index in [-0.39, 0.29) is 5.97 Å². The van der Waals surface area contributed by atoms with Crippen molar-refractivity contribution in [2.45, 2.75) is 18.6 Å². The molecule has 1 aromatic carbocycles. The van der Waals surface area contributed by atoms with E-state index in [1.54, 1.807) is 24.3 Å². The number of carbonyl (C=O) groups excluding carboxylic acids is 1. The molecule has 6 nitrogen and oxygen atoms in total. The van der Waals surface area contributed by atoms with E-state index < -0.39 is 12.1 Å². The number of esters is 1. The number of rotatable bonds is 5. The van der Waals surface area contributed by atoms with Crippen LogP contribution in [0, 0.1) is 11.3 Å². The molecule has 0 amide bonds. The van der Waals surface area contributed by atoms with Gasteiger partial charge in [0.25, 0.3) is 0 Å². The summed E-state index contributed by atoms with van der Waals surface area (Å²) >= 11 is 0. The average molecular weight is 290 g/mol. The molecule has 1 N–H and O–H groups in total. The van der Waals surface area contributed by atoms with E-state index in [1.165, 1.54) is 7.11 Å². The minimum Gasteiger partial charge on any atom is -0.492 e. The van der Waals surface area contributed by atoms with Crippen molar-refractivity contribution in [3.05, 3.63) is 29.8 Å². The van der Waals surface area contributed by atoms with Gasteiger partial charge in [0.15, 0.2) is 0 Å². The molecule has 2 atom stereocenters. The maximum absolute atomic E-state index is 11.6. The first-order valence-corrected chi connectivity index (χ1v) is 6.77. The van der Waals surface area contributed by atoms with Gasteiger partial charge in [-0.3, -0.25) is 9.69 Å². The molecule has 2 unspecified atom stereocenters. The number of carbonyl (C=O) groups is 1. The number of hydrogen-bond acceptors (Lipinski definition) is 6. The fraction of sp³-hybridized carbons (Fsp3) is 0.467. The molecular weight excluding hydrogens is 272 g/mol. The monoisotopic (exact) mass is 290 g/mol. The number of nitrogens with zero attached hydrogens (tertiary/aromatic N) is 2. The lowest BCUT2D eigenvalue weighted by atomic mass is 10.2. The molecule has 0 aliphatic carbocycles. The first-order valence-electron chi connectivity index (χ1n) is 6.77. The molecule has 0 saturated carbocycles. The highest BCUT2D eigenvalue weighted by Gasteiger charge is 2.36. The Morgan fingerprint density at radius 3 is 2.81 bits per heavy atom. The highest BCUT2D eigenvalue weighted by molar-refractivity contribution is 5.76. The second-order valence-corrected chi connectivity index (χ2v) is 4.91. The highest BCUT2D eigenvalue weighted by atomic mass is 16.5. The number of methoxy groups -OCH3 is 1. The van der Waals surface area contributed by atoms with Gasteiger partial charge in [-0.05, 0) is 24.3 Å². The fourth-order valence-corrected chi connectivity index (χ4v) is 2.41. The van der Waals surface area contributed by atoms with Gasteiger partial charge in [0.05, 0.1) is 24.8 Å². The predicted molar refractivity (Wildman–Crippen MR) is 74.7 cm³/mol. The summed E-state index contributed by atoms with van der Waals surface area (Å²) in [5.41, 5.74) is 0.579. The zero-order chi connectivity index (χ0) is 15.2. The van der Waals surface area contributed by atoms with Crippen molar-refractivity contribution >= 4 is 5.97 Å². The van der Waals surface area contributed by atoms with E-state index >= 15 is 0 Å². The van der Waals surface area contributed by atoms with Gasteiger partial charge in [-0.15, -0.1) is 0 Å². The summed E-state index contributed by atoms with van der Waals surface area (Å²) < 4.78 is 10.3. The number of nitriles is 1. The zero-order valence-corrected chi connectivity index (χ0v) is 11.9. The molecule has 2 rings (SSSR count). The van der Waals surface area contributed by atoms with Crippen molar-refractivity contribution in [3.63, 3.8) is 0 Å². The highest BCUT2D eigenvalue weighted by Crippen LogP contribution is 2.19. The van der Waals surface area contributed by atoms with Gasteiger partial charge in [0.2, 0.25) is 0 Å². The van der Waals surface area contributed by atoms with Crippen LogP contribution >= 0.6 is 0 Å². The lowest BCUT2D eigenvalue weighted by Crippen LogP contribution is -2.39. The molecule has 0 aromatic heterocycles. The molecule has 1 heterocycles. The van der Waals surface area contributed by atoms with E-state index in [4.69, 9.17) is 14.7 Å². The van der Waals surface area contributed by atoms with Crippen molar-refractivity contribution < 1.29 is 19.4 Å². The van der Waals surface area contributed by atoms with Crippen LogP contribution in [-0.2, 0) is 9.53 Å². The Kier molecular flexibility index (Phi) is 5.14. The van der Waals surface area contributed by atoms with Crippen LogP contribution in [-0.4, -0.2) is 54.9 Å². The van der Waals surface area contributed by atoms with Crippen LogP contribution in [0.5, 0.6) is 5.75 Å². The SMILES string of the molecule is COC(=O)C1CC(O)CN1CCOc1ccc(C#N)cc1. The van der Waals surface area contributed by atoms with Crippen molar-refractivity contribution in [1.82, 2.24) is 4.90 Å². The summed E-state index contributed by atoms with van der Waals surface area (Å²) in [6.07, 6.45) is -0.118. The van der Waals surface area contributed by atoms with Crippen molar-refractivity contribution in [2.75, 3.05) is 26.8 Å². The zero-order valence-electron chi connectivity index (χ0n) is 11.9. The number of likely N-dealkylation sites (tertiary alicyclic amines) is 1. The standard InChI is InChI=1S/C15H18N2O4/c1-20-15(19)14-8-12(18)10-17(14)6-7-21-13-4-2-11(9-16)3-5-13/h2-5,12,14,18H,6-8,10H2,1H3. The molecule has 1 aliphatic heterocycles. The topological polar surface area (TPSA) is 82.8 Å². The molecular formula is C15H18N2O4. The third kappa shape index (κ3) is 3.94. The smallest absolute Gasteiger partial charge is 0.323 e. The van der Waals surface area contributed by atoms with Gasteiger partial charge in [-0.1, -0.05) is 0 Å². The molecule has 21 heavy (non-hydrogen) atoms. The predicted octanol–water partition coefficient (Wildman–Crippen LogP) is 0.545. The maximum atomic E-state index is 11.6. The molecule has 112 valence electrons. The summed E-state index contributed by atoms with van der Waals surface area (Å²) in [4.78, 5) is 13.5. The summed E-state index contributed by atoms with van der Waals surface area (Å²) in [5, 5.41) is 18.4. The van der Waals surface area contributed by atoms with Crippen LogP contribution in [0.4, 0.5) is 0 Å². The van der Waals surface area contributed by atoms with Gasteiger partial charge in [-0.25, -0.2) is 0 Å². The van der Waals surface area contributed by atoms with E-state index in [9.17, 15) is 9.90 Å². The normalized spacial score (nSPS) is 21.8. The number of benzene rings is 1. The van der Waals surface area contributed by atoms with E-state index in [0.717, 1.165) is 0 Å².